The minimum Gasteiger partial charge on any atom is -0.481 e. The van der Waals surface area contributed by atoms with Crippen LogP contribution in [0.15, 0.2) is 0 Å². The lowest BCUT2D eigenvalue weighted by Crippen LogP contribution is -2.48. The maximum atomic E-state index is 12.1. The summed E-state index contributed by atoms with van der Waals surface area (Å²) in [6.07, 6.45) is 1.43. The van der Waals surface area contributed by atoms with Crippen LogP contribution in [0, 0.1) is 11.8 Å². The summed E-state index contributed by atoms with van der Waals surface area (Å²) in [5.74, 6) is -0.865. The molecule has 0 radical (unpaired) electrons. The molecule has 0 saturated carbocycles. The molecule has 0 spiro atoms. The zero-order valence-corrected chi connectivity index (χ0v) is 11.6. The van der Waals surface area contributed by atoms with Gasteiger partial charge in [0.05, 0.1) is 5.92 Å². The Bertz CT molecular complexity index is 317. The zero-order chi connectivity index (χ0) is 13.9. The van der Waals surface area contributed by atoms with Gasteiger partial charge in [-0.2, -0.15) is 0 Å². The maximum Gasteiger partial charge on any atom is 0.317 e. The highest BCUT2D eigenvalue weighted by atomic mass is 16.4. The Labute approximate surface area is 109 Å². The molecule has 3 unspecified atom stereocenters. The largest absolute Gasteiger partial charge is 0.481 e. The van der Waals surface area contributed by atoms with Gasteiger partial charge in [-0.15, -0.1) is 0 Å². The molecule has 1 rings (SSSR count). The Balaban J connectivity index is 2.61. The van der Waals surface area contributed by atoms with Crippen molar-refractivity contribution in [3.8, 4) is 0 Å². The fraction of sp³-hybridized carbons (Fsp3) is 0.846. The van der Waals surface area contributed by atoms with Gasteiger partial charge < -0.3 is 15.3 Å². The van der Waals surface area contributed by atoms with Crippen molar-refractivity contribution in [3.63, 3.8) is 0 Å². The lowest BCUT2D eigenvalue weighted by molar-refractivity contribution is -0.142. The summed E-state index contributed by atoms with van der Waals surface area (Å²) in [6, 6.07) is -0.215. The molecule has 5 nitrogen and oxygen atoms in total. The molecule has 3 atom stereocenters. The van der Waals surface area contributed by atoms with Crippen molar-refractivity contribution in [1.29, 1.82) is 0 Å². The molecule has 0 bridgehead atoms. The van der Waals surface area contributed by atoms with Crippen LogP contribution in [0.2, 0.25) is 0 Å². The van der Waals surface area contributed by atoms with E-state index >= 15 is 0 Å². The molecule has 2 amide bonds. The Morgan fingerprint density at radius 2 is 2.06 bits per heavy atom. The van der Waals surface area contributed by atoms with Gasteiger partial charge in [0.15, 0.2) is 0 Å². The summed E-state index contributed by atoms with van der Waals surface area (Å²) < 4.78 is 0. The third-order valence-corrected chi connectivity index (χ3v) is 3.89. The first kappa shape index (κ1) is 14.8. The van der Waals surface area contributed by atoms with Crippen molar-refractivity contribution in [1.82, 2.24) is 10.2 Å². The van der Waals surface area contributed by atoms with Gasteiger partial charge in [0.1, 0.15) is 0 Å². The smallest absolute Gasteiger partial charge is 0.317 e. The number of amides is 2. The van der Waals surface area contributed by atoms with Gasteiger partial charge in [-0.3, -0.25) is 4.79 Å². The van der Waals surface area contributed by atoms with Crippen LogP contribution in [0.4, 0.5) is 4.79 Å². The molecule has 18 heavy (non-hydrogen) atoms. The molecule has 0 aliphatic carbocycles. The number of nitrogens with one attached hydrogen (secondary N) is 1. The van der Waals surface area contributed by atoms with Gasteiger partial charge in [-0.25, -0.2) is 4.79 Å². The molecule has 1 saturated heterocycles. The first-order valence-electron chi connectivity index (χ1n) is 6.68. The molecule has 5 heteroatoms. The standard InChI is InChI=1S/C13H24N2O3/c1-5-11(8(2)3)14-13(18)15-7-6-10(9(15)4)12(16)17/h8-11H,5-7H2,1-4H3,(H,14,18)(H,16,17). The molecule has 0 aromatic rings. The topological polar surface area (TPSA) is 69.6 Å². The van der Waals surface area contributed by atoms with E-state index in [-0.39, 0.29) is 18.1 Å². The van der Waals surface area contributed by atoms with Crippen LogP contribution in [0.5, 0.6) is 0 Å². The first-order chi connectivity index (χ1) is 8.38. The molecule has 104 valence electrons. The van der Waals surface area contributed by atoms with Crippen LogP contribution < -0.4 is 5.32 Å². The molecule has 0 aromatic carbocycles. The fourth-order valence-electron chi connectivity index (χ4n) is 2.54. The van der Waals surface area contributed by atoms with Crippen LogP contribution >= 0.6 is 0 Å². The Hall–Kier alpha value is -1.26. The second-order valence-corrected chi connectivity index (χ2v) is 5.38. The number of carbonyl (C=O) groups is 2. The maximum absolute atomic E-state index is 12.1. The van der Waals surface area contributed by atoms with Gasteiger partial charge in [0.2, 0.25) is 0 Å². The van der Waals surface area contributed by atoms with Crippen molar-refractivity contribution in [2.75, 3.05) is 6.54 Å². The number of urea groups is 1. The second-order valence-electron chi connectivity index (χ2n) is 5.38. The molecule has 1 aliphatic rings. The van der Waals surface area contributed by atoms with Gasteiger partial charge in [0, 0.05) is 18.6 Å². The number of carboxylic acids is 1. The normalized spacial score (nSPS) is 25.3. The molecule has 2 N–H and O–H groups in total. The van der Waals surface area contributed by atoms with E-state index in [4.69, 9.17) is 5.11 Å². The number of aliphatic carboxylic acids is 1. The van der Waals surface area contributed by atoms with E-state index < -0.39 is 11.9 Å². The number of hydrogen-bond acceptors (Lipinski definition) is 2. The quantitative estimate of drug-likeness (QED) is 0.807. The van der Waals surface area contributed by atoms with Crippen LogP contribution in [0.25, 0.3) is 0 Å². The van der Waals surface area contributed by atoms with Crippen LogP contribution in [-0.4, -0.2) is 40.6 Å². The summed E-state index contributed by atoms with van der Waals surface area (Å²) in [6.45, 7) is 8.52. The monoisotopic (exact) mass is 256 g/mol. The van der Waals surface area contributed by atoms with E-state index in [1.165, 1.54) is 0 Å². The number of carbonyl (C=O) groups excluding carboxylic acids is 1. The Morgan fingerprint density at radius 1 is 1.44 bits per heavy atom. The molecular formula is C13H24N2O3. The van der Waals surface area contributed by atoms with Crippen molar-refractivity contribution >= 4 is 12.0 Å². The summed E-state index contributed by atoms with van der Waals surface area (Å²) in [4.78, 5) is 24.8. The number of nitrogens with zero attached hydrogens (tertiary/aromatic N) is 1. The Kier molecular flexibility index (Phi) is 4.99. The summed E-state index contributed by atoms with van der Waals surface area (Å²) in [5, 5.41) is 12.0. The van der Waals surface area contributed by atoms with E-state index in [0.29, 0.717) is 18.9 Å². The molecular weight excluding hydrogens is 232 g/mol. The first-order valence-corrected chi connectivity index (χ1v) is 6.68. The van der Waals surface area contributed by atoms with Crippen LogP contribution in [-0.2, 0) is 4.79 Å². The lowest BCUT2D eigenvalue weighted by Gasteiger charge is -2.28. The van der Waals surface area contributed by atoms with Crippen LogP contribution in [0.3, 0.4) is 0 Å². The Morgan fingerprint density at radius 3 is 2.44 bits per heavy atom. The van der Waals surface area contributed by atoms with Crippen molar-refractivity contribution in [2.45, 2.75) is 52.6 Å². The van der Waals surface area contributed by atoms with E-state index in [2.05, 4.69) is 19.2 Å². The number of likely N-dealkylation sites (tertiary alicyclic amines) is 1. The molecule has 1 heterocycles. The minimum absolute atomic E-state index is 0.133. The highest BCUT2D eigenvalue weighted by Crippen LogP contribution is 2.24. The third kappa shape index (κ3) is 3.15. The predicted molar refractivity (Wildman–Crippen MR) is 69.4 cm³/mol. The van der Waals surface area contributed by atoms with Crippen molar-refractivity contribution in [3.05, 3.63) is 0 Å². The van der Waals surface area contributed by atoms with E-state index in [0.717, 1.165) is 6.42 Å². The average Bonchev–Trinajstić information content (AvgIpc) is 2.67. The van der Waals surface area contributed by atoms with Gasteiger partial charge in [0.25, 0.3) is 0 Å². The van der Waals surface area contributed by atoms with Crippen LogP contribution in [0.1, 0.15) is 40.5 Å². The van der Waals surface area contributed by atoms with Crippen molar-refractivity contribution < 1.29 is 14.7 Å². The average molecular weight is 256 g/mol. The zero-order valence-electron chi connectivity index (χ0n) is 11.6. The van der Waals surface area contributed by atoms with E-state index in [1.54, 1.807) is 4.90 Å². The predicted octanol–water partition coefficient (Wildman–Crippen LogP) is 1.93. The van der Waals surface area contributed by atoms with Crippen molar-refractivity contribution in [2.24, 2.45) is 11.8 Å². The fourth-order valence-corrected chi connectivity index (χ4v) is 2.54. The number of carboxylic acid groups (broad SMARTS) is 1. The van der Waals surface area contributed by atoms with E-state index in [9.17, 15) is 9.59 Å². The second kappa shape index (κ2) is 6.07. The SMILES string of the molecule is CCC(NC(=O)N1CCC(C(=O)O)C1C)C(C)C. The number of hydrogen-bond donors (Lipinski definition) is 2. The van der Waals surface area contributed by atoms with E-state index in [1.807, 2.05) is 13.8 Å². The van der Waals surface area contributed by atoms with Gasteiger partial charge in [-0.05, 0) is 25.7 Å². The number of rotatable bonds is 4. The third-order valence-electron chi connectivity index (χ3n) is 3.89. The highest BCUT2D eigenvalue weighted by molar-refractivity contribution is 5.78. The molecule has 1 fully saturated rings. The summed E-state index contributed by atoms with van der Waals surface area (Å²) >= 11 is 0. The minimum atomic E-state index is -0.811. The molecule has 0 aromatic heterocycles. The summed E-state index contributed by atoms with van der Waals surface area (Å²) in [7, 11) is 0. The molecule has 1 aliphatic heterocycles. The lowest BCUT2D eigenvalue weighted by atomic mass is 10.0. The van der Waals surface area contributed by atoms with Gasteiger partial charge >= 0.3 is 12.0 Å². The van der Waals surface area contributed by atoms with Gasteiger partial charge in [-0.1, -0.05) is 20.8 Å². The summed E-state index contributed by atoms with van der Waals surface area (Å²) in [5.41, 5.74) is 0. The highest BCUT2D eigenvalue weighted by Gasteiger charge is 2.38.